The topological polar surface area (TPSA) is 62.8 Å². The minimum Gasteiger partial charge on any atom is -0.377 e. The van der Waals surface area contributed by atoms with Crippen LogP contribution in [0.5, 0.6) is 0 Å². The molecule has 2 aromatic rings. The smallest absolute Gasteiger partial charge is 0.158 e. The molecule has 0 radical (unpaired) electrons. The summed E-state index contributed by atoms with van der Waals surface area (Å²) in [4.78, 5) is 11.7. The lowest BCUT2D eigenvalue weighted by molar-refractivity contribution is 0.178. The number of hydrogen-bond donors (Lipinski definition) is 2. The fraction of sp³-hybridized carbons (Fsp3) is 0.333. The molecule has 0 aliphatic carbocycles. The van der Waals surface area contributed by atoms with Gasteiger partial charge >= 0.3 is 0 Å². The van der Waals surface area contributed by atoms with Crippen molar-refractivity contribution >= 4 is 16.9 Å². The highest BCUT2D eigenvalue weighted by molar-refractivity contribution is 5.86. The Morgan fingerprint density at radius 1 is 1.50 bits per heavy atom. The molecule has 0 saturated carbocycles. The molecule has 0 fully saturated rings. The molecule has 0 unspecified atom stereocenters. The maximum atomic E-state index is 4.99. The fourth-order valence-corrected chi connectivity index (χ4v) is 1.37. The Balaban J connectivity index is 2.55. The summed E-state index contributed by atoms with van der Waals surface area (Å²) in [7, 11) is 3.46. The molecule has 0 aliphatic heterocycles. The molecule has 2 rings (SSSR count). The molecule has 0 bridgehead atoms. The molecule has 0 saturated heterocycles. The van der Waals surface area contributed by atoms with Crippen molar-refractivity contribution in [3.05, 3.63) is 18.1 Å². The van der Waals surface area contributed by atoms with Crippen LogP contribution in [0.2, 0.25) is 0 Å². The van der Waals surface area contributed by atoms with Crippen molar-refractivity contribution in [3.63, 3.8) is 0 Å². The summed E-state index contributed by atoms with van der Waals surface area (Å²) in [6.45, 7) is 0.420. The van der Waals surface area contributed by atoms with Gasteiger partial charge in [-0.2, -0.15) is 0 Å². The van der Waals surface area contributed by atoms with E-state index in [2.05, 4.69) is 20.3 Å². The van der Waals surface area contributed by atoms with Crippen molar-refractivity contribution in [2.24, 2.45) is 0 Å². The van der Waals surface area contributed by atoms with E-state index in [4.69, 9.17) is 4.74 Å². The maximum Gasteiger partial charge on any atom is 0.158 e. The number of hydrogen-bond acceptors (Lipinski definition) is 4. The second-order valence-electron chi connectivity index (χ2n) is 2.91. The summed E-state index contributed by atoms with van der Waals surface area (Å²) >= 11 is 0. The van der Waals surface area contributed by atoms with Gasteiger partial charge in [0, 0.05) is 20.4 Å². The van der Waals surface area contributed by atoms with Crippen LogP contribution in [0.15, 0.2) is 12.3 Å². The number of nitrogens with one attached hydrogen (secondary N) is 2. The normalized spacial score (nSPS) is 10.7. The van der Waals surface area contributed by atoms with E-state index in [-0.39, 0.29) is 0 Å². The van der Waals surface area contributed by atoms with Gasteiger partial charge in [0.1, 0.15) is 18.1 Å². The molecular formula is C9H12N4O. The number of methoxy groups -OCH3 is 1. The van der Waals surface area contributed by atoms with Gasteiger partial charge in [0.25, 0.3) is 0 Å². The SMILES string of the molecule is CNc1nc(COC)nc2[nH]ccc12. The highest BCUT2D eigenvalue weighted by Gasteiger charge is 2.06. The van der Waals surface area contributed by atoms with Crippen molar-refractivity contribution in [2.75, 3.05) is 19.5 Å². The third-order valence-electron chi connectivity index (χ3n) is 1.97. The molecule has 0 spiro atoms. The Kier molecular flexibility index (Phi) is 2.32. The summed E-state index contributed by atoms with van der Waals surface area (Å²) in [5.41, 5.74) is 0.830. The third kappa shape index (κ3) is 1.42. The van der Waals surface area contributed by atoms with Crippen molar-refractivity contribution in [3.8, 4) is 0 Å². The average Bonchev–Trinajstić information content (AvgIpc) is 2.65. The van der Waals surface area contributed by atoms with E-state index in [1.54, 1.807) is 7.11 Å². The molecule has 2 N–H and O–H groups in total. The first-order chi connectivity index (χ1) is 6.85. The second kappa shape index (κ2) is 3.63. The second-order valence-corrected chi connectivity index (χ2v) is 2.91. The van der Waals surface area contributed by atoms with Crippen LogP contribution in [0.4, 0.5) is 5.82 Å². The van der Waals surface area contributed by atoms with E-state index in [1.165, 1.54) is 0 Å². The molecule has 0 atom stereocenters. The van der Waals surface area contributed by atoms with Crippen LogP contribution < -0.4 is 5.32 Å². The molecule has 74 valence electrons. The molecule has 14 heavy (non-hydrogen) atoms. The lowest BCUT2D eigenvalue weighted by Gasteiger charge is -2.03. The molecule has 0 aliphatic rings. The van der Waals surface area contributed by atoms with E-state index in [0.29, 0.717) is 12.4 Å². The Morgan fingerprint density at radius 3 is 3.07 bits per heavy atom. The van der Waals surface area contributed by atoms with Gasteiger partial charge in [0.2, 0.25) is 0 Å². The highest BCUT2D eigenvalue weighted by atomic mass is 16.5. The summed E-state index contributed by atoms with van der Waals surface area (Å²) in [6.07, 6.45) is 1.84. The zero-order chi connectivity index (χ0) is 9.97. The number of ether oxygens (including phenoxy) is 1. The lowest BCUT2D eigenvalue weighted by atomic mass is 10.3. The van der Waals surface area contributed by atoms with Crippen LogP contribution in [0.25, 0.3) is 11.0 Å². The summed E-state index contributed by atoms with van der Waals surface area (Å²) < 4.78 is 4.99. The van der Waals surface area contributed by atoms with E-state index < -0.39 is 0 Å². The van der Waals surface area contributed by atoms with Crippen LogP contribution in [-0.2, 0) is 11.3 Å². The van der Waals surface area contributed by atoms with E-state index in [0.717, 1.165) is 16.9 Å². The summed E-state index contributed by atoms with van der Waals surface area (Å²) in [5, 5.41) is 4.02. The number of fused-ring (bicyclic) bond motifs is 1. The Bertz CT molecular complexity index is 437. The van der Waals surface area contributed by atoms with Crippen molar-refractivity contribution < 1.29 is 4.74 Å². The van der Waals surface area contributed by atoms with Gasteiger partial charge in [-0.3, -0.25) is 0 Å². The number of aromatic nitrogens is 3. The van der Waals surface area contributed by atoms with Crippen LogP contribution in [-0.4, -0.2) is 29.1 Å². The first-order valence-electron chi connectivity index (χ1n) is 4.36. The van der Waals surface area contributed by atoms with Gasteiger partial charge in [0.15, 0.2) is 5.82 Å². The number of aromatic amines is 1. The average molecular weight is 192 g/mol. The predicted molar refractivity (Wildman–Crippen MR) is 54.1 cm³/mol. The van der Waals surface area contributed by atoms with Gasteiger partial charge in [-0.05, 0) is 6.07 Å². The standard InChI is InChI=1S/C9H12N4O/c1-10-8-6-3-4-11-9(6)13-7(12-8)5-14-2/h3-4H,5H2,1-2H3,(H2,10,11,12,13). The molecule has 2 aromatic heterocycles. The van der Waals surface area contributed by atoms with Gasteiger partial charge in [-0.1, -0.05) is 0 Å². The van der Waals surface area contributed by atoms with E-state index in [9.17, 15) is 0 Å². The lowest BCUT2D eigenvalue weighted by Crippen LogP contribution is -2.01. The Morgan fingerprint density at radius 2 is 2.36 bits per heavy atom. The largest absolute Gasteiger partial charge is 0.377 e. The van der Waals surface area contributed by atoms with Gasteiger partial charge < -0.3 is 15.0 Å². The number of H-pyrrole nitrogens is 1. The van der Waals surface area contributed by atoms with Gasteiger partial charge in [-0.25, -0.2) is 9.97 Å². The summed E-state index contributed by atoms with van der Waals surface area (Å²) in [6, 6.07) is 1.94. The van der Waals surface area contributed by atoms with Crippen LogP contribution in [0.1, 0.15) is 5.82 Å². The molecule has 0 aromatic carbocycles. The highest BCUT2D eigenvalue weighted by Crippen LogP contribution is 2.18. The maximum absolute atomic E-state index is 4.99. The fourth-order valence-electron chi connectivity index (χ4n) is 1.37. The zero-order valence-corrected chi connectivity index (χ0v) is 8.16. The van der Waals surface area contributed by atoms with Crippen LogP contribution in [0, 0.1) is 0 Å². The summed E-state index contributed by atoms with van der Waals surface area (Å²) in [5.74, 6) is 1.50. The minimum absolute atomic E-state index is 0.420. The van der Waals surface area contributed by atoms with Gasteiger partial charge in [-0.15, -0.1) is 0 Å². The molecular weight excluding hydrogens is 180 g/mol. The van der Waals surface area contributed by atoms with E-state index >= 15 is 0 Å². The predicted octanol–water partition coefficient (Wildman–Crippen LogP) is 1.15. The molecule has 2 heterocycles. The quantitative estimate of drug-likeness (QED) is 0.765. The van der Waals surface area contributed by atoms with Crippen LogP contribution in [0.3, 0.4) is 0 Å². The molecule has 5 nitrogen and oxygen atoms in total. The van der Waals surface area contributed by atoms with Crippen LogP contribution >= 0.6 is 0 Å². The number of rotatable bonds is 3. The zero-order valence-electron chi connectivity index (χ0n) is 8.16. The molecule has 0 amide bonds. The van der Waals surface area contributed by atoms with Crippen molar-refractivity contribution in [2.45, 2.75) is 6.61 Å². The van der Waals surface area contributed by atoms with Gasteiger partial charge in [0.05, 0.1) is 5.39 Å². The minimum atomic E-state index is 0.420. The molecule has 5 heteroatoms. The third-order valence-corrected chi connectivity index (χ3v) is 1.97. The Hall–Kier alpha value is -1.62. The first kappa shape index (κ1) is 8.96. The monoisotopic (exact) mass is 192 g/mol. The number of nitrogens with zero attached hydrogens (tertiary/aromatic N) is 2. The van der Waals surface area contributed by atoms with Crippen molar-refractivity contribution in [1.29, 1.82) is 0 Å². The Labute approximate surface area is 81.5 Å². The first-order valence-corrected chi connectivity index (χ1v) is 4.36. The van der Waals surface area contributed by atoms with Crippen molar-refractivity contribution in [1.82, 2.24) is 15.0 Å². The van der Waals surface area contributed by atoms with E-state index in [1.807, 2.05) is 19.3 Å². The number of anilines is 1.